The summed E-state index contributed by atoms with van der Waals surface area (Å²) >= 11 is 0. The third-order valence-electron chi connectivity index (χ3n) is 4.66. The van der Waals surface area contributed by atoms with E-state index in [-0.39, 0.29) is 23.1 Å². The Bertz CT molecular complexity index is 947. The second-order valence-electron chi connectivity index (χ2n) is 6.31. The molecule has 1 aromatic carbocycles. The minimum Gasteiger partial charge on any atom is -0.440 e. The minimum absolute atomic E-state index is 0.0711. The van der Waals surface area contributed by atoms with Gasteiger partial charge in [0.25, 0.3) is 5.56 Å². The highest BCUT2D eigenvalue weighted by atomic mass is 16.5. The quantitative estimate of drug-likeness (QED) is 0.923. The topological polar surface area (TPSA) is 81.0 Å². The van der Waals surface area contributed by atoms with Gasteiger partial charge in [0.15, 0.2) is 0 Å². The largest absolute Gasteiger partial charge is 0.440 e. The average molecular weight is 319 g/mol. The van der Waals surface area contributed by atoms with Gasteiger partial charge in [-0.05, 0) is 25.3 Å². The lowest BCUT2D eigenvalue weighted by atomic mass is 9.84. The zero-order valence-corrected chi connectivity index (χ0v) is 13.3. The van der Waals surface area contributed by atoms with E-state index in [0.29, 0.717) is 11.3 Å². The Morgan fingerprint density at radius 2 is 2.00 bits per heavy atom. The summed E-state index contributed by atoms with van der Waals surface area (Å²) < 4.78 is 7.45. The fraction of sp³-hybridized carbons (Fsp3) is 0.263. The van der Waals surface area contributed by atoms with Gasteiger partial charge in [0.2, 0.25) is 5.88 Å². The lowest BCUT2D eigenvalue weighted by Gasteiger charge is -2.27. The van der Waals surface area contributed by atoms with Crippen LogP contribution >= 0.6 is 0 Å². The predicted octanol–water partition coefficient (Wildman–Crippen LogP) is 2.71. The first-order valence-electron chi connectivity index (χ1n) is 8.00. The number of hydrogen-bond donors (Lipinski definition) is 1. The number of nitrogens with zero attached hydrogens (tertiary/aromatic N) is 2. The first-order valence-corrected chi connectivity index (χ1v) is 8.00. The smallest absolute Gasteiger partial charge is 0.258 e. The van der Waals surface area contributed by atoms with Gasteiger partial charge in [0.1, 0.15) is 17.4 Å². The van der Waals surface area contributed by atoms with Crippen LogP contribution in [0.3, 0.4) is 0 Å². The summed E-state index contributed by atoms with van der Waals surface area (Å²) in [6.45, 7) is 1.90. The van der Waals surface area contributed by atoms with E-state index >= 15 is 0 Å². The van der Waals surface area contributed by atoms with Crippen molar-refractivity contribution in [3.8, 4) is 11.8 Å². The Morgan fingerprint density at radius 3 is 2.62 bits per heavy atom. The van der Waals surface area contributed by atoms with E-state index in [0.717, 1.165) is 24.1 Å². The normalized spacial score (nSPS) is 19.4. The van der Waals surface area contributed by atoms with Gasteiger partial charge >= 0.3 is 0 Å². The van der Waals surface area contributed by atoms with Gasteiger partial charge in [0, 0.05) is 17.8 Å². The number of nitriles is 1. The van der Waals surface area contributed by atoms with E-state index < -0.39 is 5.92 Å². The molecule has 5 heteroatoms. The summed E-state index contributed by atoms with van der Waals surface area (Å²) in [4.78, 5) is 13.2. The van der Waals surface area contributed by atoms with Crippen LogP contribution < -0.4 is 16.0 Å². The molecule has 5 nitrogen and oxygen atoms in total. The lowest BCUT2D eigenvalue weighted by Crippen LogP contribution is -2.32. The molecule has 1 aromatic heterocycles. The zero-order chi connectivity index (χ0) is 16.8. The highest BCUT2D eigenvalue weighted by molar-refractivity contribution is 5.55. The van der Waals surface area contributed by atoms with Crippen LogP contribution in [-0.4, -0.2) is 4.57 Å². The molecule has 1 fully saturated rings. The molecule has 1 atom stereocenters. The Labute approximate surface area is 139 Å². The van der Waals surface area contributed by atoms with Gasteiger partial charge in [-0.2, -0.15) is 5.26 Å². The van der Waals surface area contributed by atoms with Crippen molar-refractivity contribution in [1.82, 2.24) is 4.57 Å². The van der Waals surface area contributed by atoms with E-state index in [1.807, 2.05) is 47.9 Å². The first-order chi connectivity index (χ1) is 11.6. The van der Waals surface area contributed by atoms with Gasteiger partial charge < -0.3 is 15.0 Å². The minimum atomic E-state index is -0.488. The fourth-order valence-corrected chi connectivity index (χ4v) is 3.43. The second-order valence-corrected chi connectivity index (χ2v) is 6.31. The van der Waals surface area contributed by atoms with Gasteiger partial charge in [-0.3, -0.25) is 4.79 Å². The predicted molar refractivity (Wildman–Crippen MR) is 89.4 cm³/mol. The van der Waals surface area contributed by atoms with Crippen molar-refractivity contribution in [3.05, 3.63) is 75.0 Å². The number of ether oxygens (including phenoxy) is 1. The highest BCUT2D eigenvalue weighted by Crippen LogP contribution is 2.42. The summed E-state index contributed by atoms with van der Waals surface area (Å²) in [6, 6.07) is 13.7. The molecule has 2 heterocycles. The van der Waals surface area contributed by atoms with Crippen molar-refractivity contribution in [2.24, 2.45) is 5.73 Å². The van der Waals surface area contributed by atoms with Gasteiger partial charge in [-0.25, -0.2) is 0 Å². The molecule has 1 aliphatic heterocycles. The number of aryl methyl sites for hydroxylation is 1. The monoisotopic (exact) mass is 319 g/mol. The molecule has 2 aromatic rings. The standard InChI is InChI=1S/C19H17N3O2/c1-11-9-15-17(19(23)22(11)13-7-8-13)16(12-5-3-2-4-6-12)14(10-20)18(21)24-15/h2-6,9,13,16H,7-8,21H2,1H3/t16-/m0/s1. The number of fused-ring (bicyclic) bond motifs is 1. The molecule has 0 amide bonds. The summed E-state index contributed by atoms with van der Waals surface area (Å²) in [5.41, 5.74) is 8.41. The van der Waals surface area contributed by atoms with E-state index in [1.54, 1.807) is 0 Å². The van der Waals surface area contributed by atoms with Crippen LogP contribution in [0.4, 0.5) is 0 Å². The maximum atomic E-state index is 13.2. The Balaban J connectivity index is 2.01. The molecule has 2 N–H and O–H groups in total. The van der Waals surface area contributed by atoms with Gasteiger partial charge in [0.05, 0.1) is 11.5 Å². The van der Waals surface area contributed by atoms with Crippen LogP contribution in [0.5, 0.6) is 5.75 Å². The molecule has 0 saturated heterocycles. The van der Waals surface area contributed by atoms with Crippen molar-refractivity contribution in [2.45, 2.75) is 31.7 Å². The van der Waals surface area contributed by atoms with Crippen molar-refractivity contribution in [3.63, 3.8) is 0 Å². The van der Waals surface area contributed by atoms with E-state index in [9.17, 15) is 10.1 Å². The van der Waals surface area contributed by atoms with Crippen LogP contribution in [0.25, 0.3) is 0 Å². The number of nitrogens with two attached hydrogens (primary N) is 1. The Morgan fingerprint density at radius 1 is 1.29 bits per heavy atom. The Kier molecular flexibility index (Phi) is 3.20. The van der Waals surface area contributed by atoms with Crippen LogP contribution in [0, 0.1) is 18.3 Å². The van der Waals surface area contributed by atoms with E-state index in [4.69, 9.17) is 10.5 Å². The van der Waals surface area contributed by atoms with E-state index in [1.165, 1.54) is 0 Å². The molecule has 0 bridgehead atoms. The Hall–Kier alpha value is -3.00. The number of hydrogen-bond acceptors (Lipinski definition) is 4. The van der Waals surface area contributed by atoms with Crippen LogP contribution in [-0.2, 0) is 0 Å². The molecule has 2 aliphatic rings. The molecule has 120 valence electrons. The third kappa shape index (κ3) is 2.11. The maximum absolute atomic E-state index is 13.2. The molecular formula is C19H17N3O2. The van der Waals surface area contributed by atoms with Crippen LogP contribution in [0.1, 0.15) is 41.6 Å². The second kappa shape index (κ2) is 5.27. The van der Waals surface area contributed by atoms with Crippen molar-refractivity contribution < 1.29 is 4.74 Å². The number of benzene rings is 1. The third-order valence-corrected chi connectivity index (χ3v) is 4.66. The van der Waals surface area contributed by atoms with Gasteiger partial charge in [-0.1, -0.05) is 30.3 Å². The number of rotatable bonds is 2. The number of allylic oxidation sites excluding steroid dienone is 1. The summed E-state index contributed by atoms with van der Waals surface area (Å²) in [5.74, 6) is 0.0413. The first kappa shape index (κ1) is 14.6. The van der Waals surface area contributed by atoms with Crippen molar-refractivity contribution in [2.75, 3.05) is 0 Å². The number of aromatic nitrogens is 1. The zero-order valence-electron chi connectivity index (χ0n) is 13.3. The lowest BCUT2D eigenvalue weighted by molar-refractivity contribution is 0.388. The molecule has 0 spiro atoms. The van der Waals surface area contributed by atoms with Crippen LogP contribution in [0.15, 0.2) is 52.6 Å². The maximum Gasteiger partial charge on any atom is 0.258 e. The van der Waals surface area contributed by atoms with Gasteiger partial charge in [-0.15, -0.1) is 0 Å². The van der Waals surface area contributed by atoms with Crippen molar-refractivity contribution >= 4 is 0 Å². The summed E-state index contributed by atoms with van der Waals surface area (Å²) in [5, 5.41) is 9.58. The molecule has 1 aliphatic carbocycles. The summed E-state index contributed by atoms with van der Waals surface area (Å²) in [6.07, 6.45) is 2.03. The van der Waals surface area contributed by atoms with Crippen molar-refractivity contribution in [1.29, 1.82) is 5.26 Å². The summed E-state index contributed by atoms with van der Waals surface area (Å²) in [7, 11) is 0. The highest BCUT2D eigenvalue weighted by Gasteiger charge is 2.36. The van der Waals surface area contributed by atoms with E-state index in [2.05, 4.69) is 6.07 Å². The molecule has 24 heavy (non-hydrogen) atoms. The molecule has 0 unspecified atom stereocenters. The molecular weight excluding hydrogens is 302 g/mol. The average Bonchev–Trinajstić information content (AvgIpc) is 3.39. The SMILES string of the molecule is Cc1cc2c(c(=O)n1C1CC1)[C@@H](c1ccccc1)C(C#N)=C(N)O2. The fourth-order valence-electron chi connectivity index (χ4n) is 3.43. The molecule has 4 rings (SSSR count). The number of pyridine rings is 1. The molecule has 1 saturated carbocycles. The molecule has 0 radical (unpaired) electrons. The van der Waals surface area contributed by atoms with Crippen LogP contribution in [0.2, 0.25) is 0 Å².